The first-order valence-corrected chi connectivity index (χ1v) is 3.30. The van der Waals surface area contributed by atoms with E-state index in [0.29, 0.717) is 0 Å². The molecular weight excluding hydrogens is 265 g/mol. The van der Waals surface area contributed by atoms with Crippen LogP contribution in [-0.2, 0) is 4.79 Å². The zero-order valence-electron chi connectivity index (χ0n) is 7.86. The summed E-state index contributed by atoms with van der Waals surface area (Å²) in [5.41, 5.74) is 8.78. The summed E-state index contributed by atoms with van der Waals surface area (Å²) >= 11 is 0. The number of hydrogen-bond acceptors (Lipinski definition) is 2. The van der Waals surface area contributed by atoms with Crippen LogP contribution < -0.4 is 17.6 Å². The average Bonchev–Trinajstić information content (AvgIpc) is 2.00. The first kappa shape index (κ1) is 17.8. The number of amides is 1. The Labute approximate surface area is 89.2 Å². The van der Waals surface area contributed by atoms with Crippen molar-refractivity contribution in [3.63, 3.8) is 0 Å². The number of guanidine groups is 1. The second-order valence-corrected chi connectivity index (χ2v) is 2.49. The Kier molecular flexibility index (Phi) is 4.95. The van der Waals surface area contributed by atoms with Gasteiger partial charge in [-0.05, 0) is 0 Å². The molecule has 12 heteroatoms. The van der Waals surface area contributed by atoms with Gasteiger partial charge in [0.2, 0.25) is 0 Å². The van der Waals surface area contributed by atoms with Crippen LogP contribution in [0.4, 0.5) is 30.7 Å². The number of nitrogens with zero attached hydrogens (tertiary/aromatic N) is 1. The molecule has 0 spiro atoms. The van der Waals surface area contributed by atoms with E-state index in [-0.39, 0.29) is 6.15 Å². The third-order valence-electron chi connectivity index (χ3n) is 1.25. The molecule has 102 valence electrons. The number of rotatable bonds is 2. The number of aliphatic imine (C=N–C) groups is 1. The average molecular weight is 272 g/mol. The number of hydrogen-bond donors (Lipinski definition) is 3. The highest BCUT2D eigenvalue weighted by atomic mass is 19.4. The lowest BCUT2D eigenvalue weighted by Crippen LogP contribution is -2.56. The Bertz CT molecular complexity index is 319. The van der Waals surface area contributed by atoms with Crippen molar-refractivity contribution in [3.8, 4) is 0 Å². The molecule has 0 aliphatic heterocycles. The molecule has 0 radical (unpaired) electrons. The molecular formula is C5H7F7N4O. The van der Waals surface area contributed by atoms with Crippen molar-refractivity contribution < 1.29 is 35.5 Å². The first-order chi connectivity index (χ1) is 6.84. The molecule has 0 atom stereocenters. The maximum absolute atomic E-state index is 12.4. The molecule has 0 aromatic carbocycles. The van der Waals surface area contributed by atoms with E-state index in [1.165, 1.54) is 0 Å². The standard InChI is InChI=1S/C5H4F7N3O.H3N/c6-3(7,1(16)15-2(13)14)4(8,9)5(10,11)12;/h(H4,13,14,15,16);1H3. The Balaban J connectivity index is 0. The van der Waals surface area contributed by atoms with Gasteiger partial charge in [0, 0.05) is 0 Å². The Hall–Kier alpha value is -1.59. The molecule has 0 aromatic rings. The molecule has 0 heterocycles. The lowest BCUT2D eigenvalue weighted by Gasteiger charge is -2.25. The van der Waals surface area contributed by atoms with Gasteiger partial charge in [-0.1, -0.05) is 0 Å². The number of carbonyl (C=O) groups is 1. The van der Waals surface area contributed by atoms with E-state index in [1.807, 2.05) is 4.99 Å². The van der Waals surface area contributed by atoms with E-state index < -0.39 is 29.9 Å². The summed E-state index contributed by atoms with van der Waals surface area (Å²) in [5.74, 6) is -17.1. The summed E-state index contributed by atoms with van der Waals surface area (Å²) < 4.78 is 83.8. The predicted octanol–water partition coefficient (Wildman–Crippen LogP) is 0.781. The number of halogens is 7. The van der Waals surface area contributed by atoms with Crippen molar-refractivity contribution in [2.24, 2.45) is 16.5 Å². The van der Waals surface area contributed by atoms with E-state index in [1.54, 1.807) is 0 Å². The fraction of sp³-hybridized carbons (Fsp3) is 0.600. The molecule has 0 saturated heterocycles. The van der Waals surface area contributed by atoms with E-state index in [2.05, 4.69) is 11.5 Å². The van der Waals surface area contributed by atoms with Crippen molar-refractivity contribution in [3.05, 3.63) is 0 Å². The summed E-state index contributed by atoms with van der Waals surface area (Å²) in [6.07, 6.45) is -6.61. The minimum absolute atomic E-state index is 0. The molecule has 0 fully saturated rings. The topological polar surface area (TPSA) is 116 Å². The molecule has 0 unspecified atom stereocenters. The van der Waals surface area contributed by atoms with E-state index in [9.17, 15) is 35.5 Å². The van der Waals surface area contributed by atoms with Gasteiger partial charge in [0.05, 0.1) is 0 Å². The van der Waals surface area contributed by atoms with Crippen molar-refractivity contribution >= 4 is 11.9 Å². The molecule has 17 heavy (non-hydrogen) atoms. The Morgan fingerprint density at radius 2 is 1.29 bits per heavy atom. The molecule has 0 saturated carbocycles. The summed E-state index contributed by atoms with van der Waals surface area (Å²) in [6, 6.07) is 0. The smallest absolute Gasteiger partial charge is 0.370 e. The number of alkyl halides is 7. The Morgan fingerprint density at radius 3 is 1.53 bits per heavy atom. The third-order valence-corrected chi connectivity index (χ3v) is 1.25. The van der Waals surface area contributed by atoms with E-state index in [0.717, 1.165) is 0 Å². The molecule has 0 aromatic heterocycles. The quantitative estimate of drug-likeness (QED) is 0.391. The van der Waals surface area contributed by atoms with Crippen LogP contribution in [0.2, 0.25) is 0 Å². The van der Waals surface area contributed by atoms with Crippen LogP contribution in [0.1, 0.15) is 0 Å². The highest BCUT2D eigenvalue weighted by Gasteiger charge is 2.76. The largest absolute Gasteiger partial charge is 0.460 e. The molecule has 0 aliphatic carbocycles. The van der Waals surface area contributed by atoms with Crippen LogP contribution in [0, 0.1) is 0 Å². The summed E-state index contributed by atoms with van der Waals surface area (Å²) in [4.78, 5) is 12.2. The highest BCUT2D eigenvalue weighted by Crippen LogP contribution is 2.46. The van der Waals surface area contributed by atoms with Crippen molar-refractivity contribution in [2.75, 3.05) is 0 Å². The van der Waals surface area contributed by atoms with Gasteiger partial charge in [-0.2, -0.15) is 35.7 Å². The normalized spacial score (nSPS) is 12.6. The van der Waals surface area contributed by atoms with Crippen LogP contribution >= 0.6 is 0 Å². The van der Waals surface area contributed by atoms with Gasteiger partial charge < -0.3 is 17.6 Å². The number of carbonyl (C=O) groups excluding carboxylic acids is 1. The van der Waals surface area contributed by atoms with E-state index in [4.69, 9.17) is 0 Å². The van der Waals surface area contributed by atoms with Crippen LogP contribution in [0.5, 0.6) is 0 Å². The van der Waals surface area contributed by atoms with Gasteiger partial charge in [-0.15, -0.1) is 0 Å². The van der Waals surface area contributed by atoms with Crippen molar-refractivity contribution in [2.45, 2.75) is 18.0 Å². The predicted molar refractivity (Wildman–Crippen MR) is 41.8 cm³/mol. The minimum atomic E-state index is -6.61. The van der Waals surface area contributed by atoms with Gasteiger partial charge in [0.1, 0.15) is 0 Å². The first-order valence-electron chi connectivity index (χ1n) is 3.30. The third kappa shape index (κ3) is 3.18. The number of nitrogens with two attached hydrogens (primary N) is 2. The maximum Gasteiger partial charge on any atom is 0.460 e. The zero-order chi connectivity index (χ0) is 13.4. The SMILES string of the molecule is N.NC(N)=NC(=O)C(F)(F)C(F)(F)C(F)(F)F. The fourth-order valence-corrected chi connectivity index (χ4v) is 0.500. The zero-order valence-corrected chi connectivity index (χ0v) is 7.86. The van der Waals surface area contributed by atoms with Gasteiger partial charge in [-0.3, -0.25) is 4.79 Å². The van der Waals surface area contributed by atoms with Gasteiger partial charge in [-0.25, -0.2) is 0 Å². The van der Waals surface area contributed by atoms with E-state index >= 15 is 0 Å². The lowest BCUT2D eigenvalue weighted by atomic mass is 10.1. The fourth-order valence-electron chi connectivity index (χ4n) is 0.500. The molecule has 7 N–H and O–H groups in total. The lowest BCUT2D eigenvalue weighted by molar-refractivity contribution is -0.343. The molecule has 0 rings (SSSR count). The highest BCUT2D eigenvalue weighted by molar-refractivity contribution is 5.95. The van der Waals surface area contributed by atoms with Crippen LogP contribution in [-0.4, -0.2) is 29.9 Å². The monoisotopic (exact) mass is 272 g/mol. The maximum atomic E-state index is 12.4. The van der Waals surface area contributed by atoms with Crippen molar-refractivity contribution in [1.29, 1.82) is 0 Å². The van der Waals surface area contributed by atoms with Gasteiger partial charge in [0.15, 0.2) is 5.96 Å². The Morgan fingerprint density at radius 1 is 0.941 bits per heavy atom. The molecule has 1 amide bonds. The second kappa shape index (κ2) is 4.73. The summed E-state index contributed by atoms with van der Waals surface area (Å²) in [5, 5.41) is 0. The second-order valence-electron chi connectivity index (χ2n) is 2.49. The molecule has 0 aliphatic rings. The van der Waals surface area contributed by atoms with Crippen LogP contribution in [0.15, 0.2) is 4.99 Å². The van der Waals surface area contributed by atoms with Crippen molar-refractivity contribution in [1.82, 2.24) is 6.15 Å². The van der Waals surface area contributed by atoms with Gasteiger partial charge >= 0.3 is 23.9 Å². The molecule has 0 bridgehead atoms. The minimum Gasteiger partial charge on any atom is -0.370 e. The summed E-state index contributed by atoms with van der Waals surface area (Å²) in [7, 11) is 0. The van der Waals surface area contributed by atoms with Crippen LogP contribution in [0.3, 0.4) is 0 Å². The van der Waals surface area contributed by atoms with Gasteiger partial charge in [0.25, 0.3) is 0 Å². The summed E-state index contributed by atoms with van der Waals surface area (Å²) in [6.45, 7) is 0. The molecule has 5 nitrogen and oxygen atoms in total. The van der Waals surface area contributed by atoms with Crippen LogP contribution in [0.25, 0.3) is 0 Å².